The van der Waals surface area contributed by atoms with Crippen molar-refractivity contribution in [2.45, 2.75) is 37.6 Å². The molecule has 0 bridgehead atoms. The Morgan fingerprint density at radius 3 is 2.48 bits per heavy atom. The molecule has 0 radical (unpaired) electrons. The minimum absolute atomic E-state index is 0.0513. The summed E-state index contributed by atoms with van der Waals surface area (Å²) in [6.07, 6.45) is 1.63. The lowest BCUT2D eigenvalue weighted by atomic mass is 10.0. The first kappa shape index (κ1) is 24.9. The molecule has 2 aromatic rings. The highest BCUT2D eigenvalue weighted by Crippen LogP contribution is 2.23. The van der Waals surface area contributed by atoms with Gasteiger partial charge in [0.15, 0.2) is 6.61 Å². The fourth-order valence-corrected chi connectivity index (χ4v) is 5.34. The molecule has 1 aliphatic rings. The molecule has 1 N–H and O–H groups in total. The van der Waals surface area contributed by atoms with Crippen LogP contribution in [0.15, 0.2) is 53.4 Å². The molecule has 0 spiro atoms. The monoisotopic (exact) mass is 474 g/mol. The van der Waals surface area contributed by atoms with Gasteiger partial charge in [0.1, 0.15) is 0 Å². The van der Waals surface area contributed by atoms with Crippen LogP contribution in [0.25, 0.3) is 0 Å². The number of nitrogens with one attached hydrogen (secondary N) is 1. The van der Waals surface area contributed by atoms with E-state index < -0.39 is 28.5 Å². The molecule has 1 unspecified atom stereocenters. The van der Waals surface area contributed by atoms with E-state index in [2.05, 4.69) is 5.32 Å². The van der Waals surface area contributed by atoms with Crippen molar-refractivity contribution in [2.24, 2.45) is 0 Å². The van der Waals surface area contributed by atoms with E-state index in [-0.39, 0.29) is 29.6 Å². The highest BCUT2D eigenvalue weighted by Gasteiger charge is 2.28. The SMILES string of the molecule is CCCC(NC(=O)COC(=O)c1ccc(C)c(S(=O)(=O)N2CCOCC2)c1)c1ccccc1. The number of morpholine rings is 1. The summed E-state index contributed by atoms with van der Waals surface area (Å²) in [6.45, 7) is 4.43. The highest BCUT2D eigenvalue weighted by atomic mass is 32.2. The van der Waals surface area contributed by atoms with E-state index >= 15 is 0 Å². The lowest BCUT2D eigenvalue weighted by molar-refractivity contribution is -0.125. The minimum atomic E-state index is -3.77. The molecule has 0 saturated carbocycles. The van der Waals surface area contributed by atoms with Crippen molar-refractivity contribution in [2.75, 3.05) is 32.9 Å². The van der Waals surface area contributed by atoms with Crippen LogP contribution in [-0.4, -0.2) is 57.5 Å². The van der Waals surface area contributed by atoms with Gasteiger partial charge in [0.05, 0.1) is 29.7 Å². The third-order valence-corrected chi connectivity index (χ3v) is 7.50. The zero-order valence-corrected chi connectivity index (χ0v) is 19.8. The van der Waals surface area contributed by atoms with Gasteiger partial charge in [-0.3, -0.25) is 4.79 Å². The maximum Gasteiger partial charge on any atom is 0.338 e. The largest absolute Gasteiger partial charge is 0.452 e. The third-order valence-electron chi connectivity index (χ3n) is 5.46. The number of aryl methyl sites for hydroxylation is 1. The van der Waals surface area contributed by atoms with Crippen molar-refractivity contribution < 1.29 is 27.5 Å². The van der Waals surface area contributed by atoms with E-state index in [4.69, 9.17) is 9.47 Å². The number of amides is 1. The van der Waals surface area contributed by atoms with Gasteiger partial charge < -0.3 is 14.8 Å². The molecular weight excluding hydrogens is 444 g/mol. The lowest BCUT2D eigenvalue weighted by Crippen LogP contribution is -2.40. The molecule has 3 rings (SSSR count). The summed E-state index contributed by atoms with van der Waals surface area (Å²) >= 11 is 0. The van der Waals surface area contributed by atoms with Gasteiger partial charge >= 0.3 is 5.97 Å². The van der Waals surface area contributed by atoms with Crippen LogP contribution >= 0.6 is 0 Å². The van der Waals surface area contributed by atoms with Crippen LogP contribution in [0, 0.1) is 6.92 Å². The predicted molar refractivity (Wildman–Crippen MR) is 123 cm³/mol. The van der Waals surface area contributed by atoms with E-state index in [1.807, 2.05) is 37.3 Å². The first-order chi connectivity index (χ1) is 15.8. The van der Waals surface area contributed by atoms with Crippen LogP contribution in [-0.2, 0) is 24.3 Å². The predicted octanol–water partition coefficient (Wildman–Crippen LogP) is 2.83. The number of carbonyl (C=O) groups excluding carboxylic acids is 2. The van der Waals surface area contributed by atoms with E-state index in [1.165, 1.54) is 16.4 Å². The number of rotatable bonds is 9. The van der Waals surface area contributed by atoms with Gasteiger partial charge in [-0.1, -0.05) is 49.7 Å². The Kier molecular flexibility index (Phi) is 8.60. The van der Waals surface area contributed by atoms with Crippen LogP contribution in [0.4, 0.5) is 0 Å². The normalized spacial score (nSPS) is 15.6. The first-order valence-electron chi connectivity index (χ1n) is 11.0. The molecule has 1 fully saturated rings. The fraction of sp³-hybridized carbons (Fsp3) is 0.417. The summed E-state index contributed by atoms with van der Waals surface area (Å²) in [5.74, 6) is -1.17. The van der Waals surface area contributed by atoms with Crippen LogP contribution in [0.2, 0.25) is 0 Å². The number of sulfonamides is 1. The number of nitrogens with zero attached hydrogens (tertiary/aromatic N) is 1. The molecule has 0 aliphatic carbocycles. The topological polar surface area (TPSA) is 102 Å². The van der Waals surface area contributed by atoms with Gasteiger partial charge in [0, 0.05) is 13.1 Å². The van der Waals surface area contributed by atoms with Crippen molar-refractivity contribution in [1.82, 2.24) is 9.62 Å². The summed E-state index contributed by atoms with van der Waals surface area (Å²) in [4.78, 5) is 25.0. The minimum Gasteiger partial charge on any atom is -0.452 e. The van der Waals surface area contributed by atoms with Crippen molar-refractivity contribution >= 4 is 21.9 Å². The van der Waals surface area contributed by atoms with Gasteiger partial charge in [0.25, 0.3) is 5.91 Å². The summed E-state index contributed by atoms with van der Waals surface area (Å²) in [6, 6.07) is 13.8. The van der Waals surface area contributed by atoms with Crippen molar-refractivity contribution in [3.05, 3.63) is 65.2 Å². The molecular formula is C24H30N2O6S. The Hall–Kier alpha value is -2.75. The van der Waals surface area contributed by atoms with Crippen LogP contribution in [0.1, 0.15) is 47.3 Å². The molecule has 0 aromatic heterocycles. The Morgan fingerprint density at radius 2 is 1.82 bits per heavy atom. The molecule has 2 aromatic carbocycles. The smallest absolute Gasteiger partial charge is 0.338 e. The summed E-state index contributed by atoms with van der Waals surface area (Å²) < 4.78 is 37.8. The Balaban J connectivity index is 1.65. The second kappa shape index (κ2) is 11.4. The van der Waals surface area contributed by atoms with Crippen molar-refractivity contribution in [1.29, 1.82) is 0 Å². The number of hydrogen-bond acceptors (Lipinski definition) is 6. The maximum absolute atomic E-state index is 13.0. The van der Waals surface area contributed by atoms with Gasteiger partial charge in [-0.15, -0.1) is 0 Å². The van der Waals surface area contributed by atoms with Crippen LogP contribution in [0.5, 0.6) is 0 Å². The zero-order chi connectivity index (χ0) is 23.8. The lowest BCUT2D eigenvalue weighted by Gasteiger charge is -2.26. The number of benzene rings is 2. The molecule has 33 heavy (non-hydrogen) atoms. The Bertz CT molecular complexity index is 1070. The second-order valence-corrected chi connectivity index (χ2v) is 9.80. The zero-order valence-electron chi connectivity index (χ0n) is 19.0. The standard InChI is InChI=1S/C24H30N2O6S/c1-3-7-21(19-8-5-4-6-9-19)25-23(27)17-32-24(28)20-11-10-18(2)22(16-20)33(29,30)26-12-14-31-15-13-26/h4-6,8-11,16,21H,3,7,12-15,17H2,1-2H3,(H,25,27). The summed E-state index contributed by atoms with van der Waals surface area (Å²) in [5.41, 5.74) is 1.59. The Morgan fingerprint density at radius 1 is 1.12 bits per heavy atom. The van der Waals surface area contributed by atoms with Crippen molar-refractivity contribution in [3.63, 3.8) is 0 Å². The maximum atomic E-state index is 13.0. The van der Waals surface area contributed by atoms with Crippen LogP contribution in [0.3, 0.4) is 0 Å². The van der Waals surface area contributed by atoms with E-state index in [0.29, 0.717) is 18.8 Å². The van der Waals surface area contributed by atoms with Gasteiger partial charge in [-0.2, -0.15) is 4.31 Å². The average molecular weight is 475 g/mol. The average Bonchev–Trinajstić information content (AvgIpc) is 2.83. The number of carbonyl (C=O) groups is 2. The molecule has 1 atom stereocenters. The highest BCUT2D eigenvalue weighted by molar-refractivity contribution is 7.89. The van der Waals surface area contributed by atoms with E-state index in [9.17, 15) is 18.0 Å². The molecule has 1 amide bonds. The molecule has 8 nitrogen and oxygen atoms in total. The summed E-state index contributed by atoms with van der Waals surface area (Å²) in [7, 11) is -3.77. The molecule has 1 saturated heterocycles. The van der Waals surface area contributed by atoms with Crippen molar-refractivity contribution in [3.8, 4) is 0 Å². The number of esters is 1. The van der Waals surface area contributed by atoms with E-state index in [1.54, 1.807) is 13.0 Å². The molecule has 1 aliphatic heterocycles. The quantitative estimate of drug-likeness (QED) is 0.561. The second-order valence-electron chi connectivity index (χ2n) is 7.89. The Labute approximate surface area is 194 Å². The van der Waals surface area contributed by atoms with E-state index in [0.717, 1.165) is 18.4 Å². The van der Waals surface area contributed by atoms with Gasteiger partial charge in [0.2, 0.25) is 10.0 Å². The third kappa shape index (κ3) is 6.40. The number of ether oxygens (including phenoxy) is 2. The summed E-state index contributed by atoms with van der Waals surface area (Å²) in [5, 5.41) is 2.90. The molecule has 1 heterocycles. The van der Waals surface area contributed by atoms with Crippen LogP contribution < -0.4 is 5.32 Å². The fourth-order valence-electron chi connectivity index (χ4n) is 3.68. The molecule has 178 valence electrons. The van der Waals surface area contributed by atoms with Gasteiger partial charge in [-0.05, 0) is 36.6 Å². The number of hydrogen-bond donors (Lipinski definition) is 1. The molecule has 9 heteroatoms. The van der Waals surface area contributed by atoms with Gasteiger partial charge in [-0.25, -0.2) is 13.2 Å². The first-order valence-corrected chi connectivity index (χ1v) is 12.5.